The number of fused-ring (bicyclic) bond motifs is 2. The normalized spacial score (nSPS) is 24.8. The van der Waals surface area contributed by atoms with Gasteiger partial charge in [-0.25, -0.2) is 4.79 Å². The van der Waals surface area contributed by atoms with Crippen molar-refractivity contribution in [1.82, 2.24) is 0 Å². The van der Waals surface area contributed by atoms with E-state index in [1.165, 1.54) is 13.2 Å². The Morgan fingerprint density at radius 2 is 1.93 bits per heavy atom. The fraction of sp³-hybridized carbons (Fsp3) is 0.429. The average molecular weight is 388 g/mol. The minimum absolute atomic E-state index is 0.0162. The number of phenolic OH excluding ortho intramolecular Hbond substituents is 1. The number of phenols is 1. The number of Topliss-reactive ketones (excluding diaryl/α,β-unsaturated/α-hetero) is 1. The summed E-state index contributed by atoms with van der Waals surface area (Å²) in [7, 11) is 1.47. The zero-order valence-corrected chi connectivity index (χ0v) is 16.1. The molecule has 0 amide bonds. The molecule has 0 aromatic heterocycles. The molecule has 0 aliphatic carbocycles. The summed E-state index contributed by atoms with van der Waals surface area (Å²) >= 11 is 0. The molecule has 1 saturated heterocycles. The van der Waals surface area contributed by atoms with Gasteiger partial charge in [0.15, 0.2) is 11.6 Å². The summed E-state index contributed by atoms with van der Waals surface area (Å²) < 4.78 is 22.0. The number of cyclic esters (lactones) is 1. The minimum Gasteiger partial charge on any atom is -0.507 e. The molecule has 0 spiro atoms. The molecule has 7 heteroatoms. The first-order valence-corrected chi connectivity index (χ1v) is 9.09. The predicted octanol–water partition coefficient (Wildman–Crippen LogP) is 3.01. The molecule has 0 bridgehead atoms. The van der Waals surface area contributed by atoms with Crippen LogP contribution in [0, 0.1) is 0 Å². The van der Waals surface area contributed by atoms with Gasteiger partial charge in [-0.1, -0.05) is 24.3 Å². The summed E-state index contributed by atoms with van der Waals surface area (Å²) in [4.78, 5) is 24.9. The second-order valence-corrected chi connectivity index (χ2v) is 7.08. The van der Waals surface area contributed by atoms with Gasteiger partial charge < -0.3 is 24.1 Å². The Balaban J connectivity index is 1.97. The van der Waals surface area contributed by atoms with Gasteiger partial charge in [-0.3, -0.25) is 4.79 Å². The van der Waals surface area contributed by atoms with E-state index in [-0.39, 0.29) is 30.1 Å². The number of benzene rings is 1. The van der Waals surface area contributed by atoms with Crippen LogP contribution in [0.15, 0.2) is 30.4 Å². The van der Waals surface area contributed by atoms with Gasteiger partial charge in [0.1, 0.15) is 29.8 Å². The van der Waals surface area contributed by atoms with E-state index in [0.717, 1.165) is 0 Å². The fourth-order valence-corrected chi connectivity index (χ4v) is 3.28. The van der Waals surface area contributed by atoms with Crippen LogP contribution in [0.25, 0.3) is 6.08 Å². The molecular weight excluding hydrogens is 364 g/mol. The Morgan fingerprint density at radius 3 is 2.68 bits per heavy atom. The van der Waals surface area contributed by atoms with E-state index in [0.29, 0.717) is 17.7 Å². The average Bonchev–Trinajstić information content (AvgIpc) is 2.94. The number of carbonyl (C=O) groups is 2. The van der Waals surface area contributed by atoms with Crippen molar-refractivity contribution in [2.24, 2.45) is 0 Å². The van der Waals surface area contributed by atoms with Gasteiger partial charge in [0, 0.05) is 12.5 Å². The molecule has 3 rings (SSSR count). The maximum absolute atomic E-state index is 12.5. The van der Waals surface area contributed by atoms with Crippen LogP contribution in [0.1, 0.15) is 42.6 Å². The monoisotopic (exact) mass is 388 g/mol. The van der Waals surface area contributed by atoms with Crippen LogP contribution in [0.3, 0.4) is 0 Å². The van der Waals surface area contributed by atoms with Crippen molar-refractivity contribution in [3.8, 4) is 11.5 Å². The third-order valence-corrected chi connectivity index (χ3v) is 4.52. The zero-order chi connectivity index (χ0) is 20.3. The van der Waals surface area contributed by atoms with Crippen molar-refractivity contribution in [1.29, 1.82) is 0 Å². The number of ketones is 1. The lowest BCUT2D eigenvalue weighted by molar-refractivity contribution is -0.154. The first kappa shape index (κ1) is 20.1. The van der Waals surface area contributed by atoms with E-state index in [4.69, 9.17) is 18.9 Å². The summed E-state index contributed by atoms with van der Waals surface area (Å²) in [5.41, 5.74) is 0.503. The maximum Gasteiger partial charge on any atom is 0.342 e. The quantitative estimate of drug-likeness (QED) is 0.584. The van der Waals surface area contributed by atoms with Crippen molar-refractivity contribution in [3.05, 3.63) is 41.5 Å². The number of carbonyl (C=O) groups excluding carboxylic acids is 2. The summed E-state index contributed by atoms with van der Waals surface area (Å²) in [6.07, 6.45) is 6.12. The highest BCUT2D eigenvalue weighted by atomic mass is 16.8. The molecular formula is C21H24O7. The highest BCUT2D eigenvalue weighted by molar-refractivity contribution is 5.97. The highest BCUT2D eigenvalue weighted by Crippen LogP contribution is 2.33. The lowest BCUT2D eigenvalue weighted by Crippen LogP contribution is -2.31. The maximum atomic E-state index is 12.5. The van der Waals surface area contributed by atoms with E-state index >= 15 is 0 Å². The molecule has 2 atom stereocenters. The van der Waals surface area contributed by atoms with E-state index in [1.807, 2.05) is 0 Å². The van der Waals surface area contributed by atoms with E-state index in [2.05, 4.69) is 0 Å². The van der Waals surface area contributed by atoms with E-state index in [9.17, 15) is 14.7 Å². The van der Waals surface area contributed by atoms with Gasteiger partial charge >= 0.3 is 5.97 Å². The lowest BCUT2D eigenvalue weighted by Gasteiger charge is -2.16. The molecule has 2 aliphatic heterocycles. The molecule has 1 aromatic carbocycles. The SMILES string of the molecule is COc1cc(O)c2c(c1)C=CC[C@@H]1OC(C)(C)OC1C(=O)CC=CCOC2=O. The van der Waals surface area contributed by atoms with Crippen LogP contribution in [0.4, 0.5) is 0 Å². The molecule has 7 nitrogen and oxygen atoms in total. The molecule has 1 aromatic rings. The Labute approximate surface area is 163 Å². The Morgan fingerprint density at radius 1 is 1.14 bits per heavy atom. The Hall–Kier alpha value is -2.64. The summed E-state index contributed by atoms with van der Waals surface area (Å²) in [6.45, 7) is 3.52. The van der Waals surface area contributed by atoms with Crippen molar-refractivity contribution < 1.29 is 33.6 Å². The Bertz CT molecular complexity index is 822. The molecule has 1 N–H and O–H groups in total. The molecule has 150 valence electrons. The first-order valence-electron chi connectivity index (χ1n) is 9.09. The summed E-state index contributed by atoms with van der Waals surface area (Å²) in [5.74, 6) is -1.43. The standard InChI is InChI=1S/C21H24O7/c1-21(2)27-17-9-6-7-13-11-14(25-3)12-16(23)18(13)20(24)26-10-5-4-8-15(22)19(17)28-21/h4-7,11-12,17,19,23H,8-10H2,1-3H3/t17-,19?/m0/s1. The molecule has 28 heavy (non-hydrogen) atoms. The highest BCUT2D eigenvalue weighted by Gasteiger charge is 2.43. The number of rotatable bonds is 1. The predicted molar refractivity (Wildman–Crippen MR) is 101 cm³/mol. The molecule has 1 fully saturated rings. The number of hydrogen-bond donors (Lipinski definition) is 1. The van der Waals surface area contributed by atoms with Crippen LogP contribution in [-0.4, -0.2) is 48.6 Å². The third kappa shape index (κ3) is 4.43. The van der Waals surface area contributed by atoms with Gasteiger partial charge in [0.25, 0.3) is 0 Å². The van der Waals surface area contributed by atoms with Crippen LogP contribution < -0.4 is 4.74 Å². The first-order chi connectivity index (χ1) is 13.3. The lowest BCUT2D eigenvalue weighted by atomic mass is 10.0. The van der Waals surface area contributed by atoms with Crippen molar-refractivity contribution in [3.63, 3.8) is 0 Å². The fourth-order valence-electron chi connectivity index (χ4n) is 3.28. The van der Waals surface area contributed by atoms with Gasteiger partial charge in [-0.2, -0.15) is 0 Å². The number of esters is 1. The van der Waals surface area contributed by atoms with E-state index in [1.54, 1.807) is 44.2 Å². The Kier molecular flexibility index (Phi) is 5.86. The van der Waals surface area contributed by atoms with Gasteiger partial charge in [-0.05, 0) is 31.9 Å². The smallest absolute Gasteiger partial charge is 0.342 e. The van der Waals surface area contributed by atoms with Crippen LogP contribution in [-0.2, 0) is 19.0 Å². The summed E-state index contributed by atoms with van der Waals surface area (Å²) in [5, 5.41) is 10.3. The number of hydrogen-bond acceptors (Lipinski definition) is 7. The van der Waals surface area contributed by atoms with Crippen molar-refractivity contribution in [2.75, 3.05) is 13.7 Å². The largest absolute Gasteiger partial charge is 0.507 e. The topological polar surface area (TPSA) is 91.3 Å². The van der Waals surface area contributed by atoms with Gasteiger partial charge in [0.05, 0.1) is 13.2 Å². The summed E-state index contributed by atoms with van der Waals surface area (Å²) in [6, 6.07) is 2.99. The molecule has 0 radical (unpaired) electrons. The molecule has 0 saturated carbocycles. The number of methoxy groups -OCH3 is 1. The third-order valence-electron chi connectivity index (χ3n) is 4.52. The second-order valence-electron chi connectivity index (χ2n) is 7.08. The van der Waals surface area contributed by atoms with E-state index < -0.39 is 24.0 Å². The molecule has 2 aliphatic rings. The zero-order valence-electron chi connectivity index (χ0n) is 16.1. The van der Waals surface area contributed by atoms with Crippen molar-refractivity contribution in [2.45, 2.75) is 44.7 Å². The van der Waals surface area contributed by atoms with Gasteiger partial charge in [-0.15, -0.1) is 0 Å². The van der Waals surface area contributed by atoms with Crippen molar-refractivity contribution >= 4 is 17.8 Å². The number of aromatic hydroxyl groups is 1. The molecule has 1 unspecified atom stereocenters. The minimum atomic E-state index is -0.852. The van der Waals surface area contributed by atoms with Gasteiger partial charge in [0.2, 0.25) is 0 Å². The van der Waals surface area contributed by atoms with Crippen LogP contribution in [0.5, 0.6) is 11.5 Å². The molecule has 2 heterocycles. The number of allylic oxidation sites excluding steroid dienone is 1. The second kappa shape index (κ2) is 8.16. The van der Waals surface area contributed by atoms with Crippen LogP contribution in [0.2, 0.25) is 0 Å². The van der Waals surface area contributed by atoms with Crippen LogP contribution >= 0.6 is 0 Å². The number of ether oxygens (including phenoxy) is 4.